The molecule has 200 valence electrons. The van der Waals surface area contributed by atoms with E-state index in [0.717, 1.165) is 12.0 Å². The molecular weight excluding hydrogens is 496 g/mol. The molecule has 1 amide bonds. The number of hydrogen-bond donors (Lipinski definition) is 2. The van der Waals surface area contributed by atoms with Crippen LogP contribution in [-0.4, -0.2) is 29.0 Å². The third kappa shape index (κ3) is 6.04. The number of ether oxygens (including phenoxy) is 3. The van der Waals surface area contributed by atoms with Gasteiger partial charge in [-0.15, -0.1) is 0 Å². The van der Waals surface area contributed by atoms with Gasteiger partial charge in [0.2, 0.25) is 6.79 Å². The van der Waals surface area contributed by atoms with Gasteiger partial charge in [-0.2, -0.15) is 9.78 Å². The van der Waals surface area contributed by atoms with Crippen LogP contribution in [-0.2, 0) is 0 Å². The maximum Gasteiger partial charge on any atom is 0.299 e. The van der Waals surface area contributed by atoms with Crippen LogP contribution in [0.5, 0.6) is 23.0 Å². The van der Waals surface area contributed by atoms with Crippen LogP contribution in [0.1, 0.15) is 36.2 Å². The molecule has 9 heteroatoms. The van der Waals surface area contributed by atoms with Gasteiger partial charge in [0.25, 0.3) is 11.5 Å². The number of rotatable bonds is 9. The molecule has 1 aliphatic heterocycles. The first-order valence-electron chi connectivity index (χ1n) is 12.8. The molecule has 0 bridgehead atoms. The van der Waals surface area contributed by atoms with Gasteiger partial charge < -0.3 is 24.8 Å². The van der Waals surface area contributed by atoms with Gasteiger partial charge in [-0.25, -0.2) is 0 Å². The highest BCUT2D eigenvalue weighted by atomic mass is 16.7. The monoisotopic (exact) mass is 526 g/mol. The van der Waals surface area contributed by atoms with Crippen molar-refractivity contribution in [1.82, 2.24) is 15.1 Å². The minimum Gasteiger partial charge on any atom is -0.454 e. The second kappa shape index (κ2) is 11.3. The first kappa shape index (κ1) is 25.8. The molecule has 2 heterocycles. The van der Waals surface area contributed by atoms with Crippen LogP contribution in [0.25, 0.3) is 5.69 Å². The summed E-state index contributed by atoms with van der Waals surface area (Å²) in [6.07, 6.45) is 2.37. The zero-order valence-corrected chi connectivity index (χ0v) is 22.1. The van der Waals surface area contributed by atoms with Crippen molar-refractivity contribution in [2.45, 2.75) is 27.2 Å². The van der Waals surface area contributed by atoms with E-state index >= 15 is 0 Å². The van der Waals surface area contributed by atoms with E-state index in [1.807, 2.05) is 31.2 Å². The molecule has 0 atom stereocenters. The summed E-state index contributed by atoms with van der Waals surface area (Å²) in [5.74, 6) is 2.16. The molecule has 3 aromatic carbocycles. The zero-order chi connectivity index (χ0) is 27.4. The van der Waals surface area contributed by atoms with Crippen molar-refractivity contribution in [1.29, 1.82) is 0 Å². The number of aryl methyl sites for hydroxylation is 1. The average molecular weight is 527 g/mol. The molecule has 0 fully saturated rings. The largest absolute Gasteiger partial charge is 0.454 e. The Morgan fingerprint density at radius 1 is 1.05 bits per heavy atom. The van der Waals surface area contributed by atoms with Crippen LogP contribution < -0.4 is 30.4 Å². The predicted molar refractivity (Wildman–Crippen MR) is 149 cm³/mol. The lowest BCUT2D eigenvalue weighted by atomic mass is 10.1. The first-order chi connectivity index (χ1) is 18.9. The minimum atomic E-state index is -0.413. The molecule has 2 N–H and O–H groups in total. The number of fused-ring (bicyclic) bond motifs is 1. The van der Waals surface area contributed by atoms with Crippen LogP contribution in [0.2, 0.25) is 0 Å². The molecule has 9 nitrogen and oxygen atoms in total. The van der Waals surface area contributed by atoms with Gasteiger partial charge in [-0.05, 0) is 61.7 Å². The van der Waals surface area contributed by atoms with E-state index in [1.165, 1.54) is 10.9 Å². The van der Waals surface area contributed by atoms with Crippen molar-refractivity contribution >= 4 is 17.3 Å². The standard InChI is InChI=1S/C30H30N4O5/c1-19(2)13-14-31-29(35)21-5-4-6-22(15-21)33-28-27(39-24-11-12-25-26(16-24)38-18-37-25)17-32-34(30(28)36)23-9-7-20(3)8-10-23/h4-12,15-17,19,33H,13-14,18H2,1-3H3,(H,31,35). The second-order valence-electron chi connectivity index (χ2n) is 9.70. The van der Waals surface area contributed by atoms with Crippen molar-refractivity contribution in [3.05, 3.63) is 94.4 Å². The normalized spacial score (nSPS) is 11.9. The number of amides is 1. The summed E-state index contributed by atoms with van der Waals surface area (Å²) in [5, 5.41) is 10.5. The molecule has 4 aromatic rings. The SMILES string of the molecule is Cc1ccc(-n2ncc(Oc3ccc4c(c3)OCO4)c(Nc3cccc(C(=O)NCCC(C)C)c3)c2=O)cc1. The smallest absolute Gasteiger partial charge is 0.299 e. The summed E-state index contributed by atoms with van der Waals surface area (Å²) in [4.78, 5) is 26.4. The van der Waals surface area contributed by atoms with Crippen molar-refractivity contribution in [2.75, 3.05) is 18.7 Å². The van der Waals surface area contributed by atoms with Gasteiger partial charge >= 0.3 is 0 Å². The fraction of sp³-hybridized carbons (Fsp3) is 0.233. The predicted octanol–water partition coefficient (Wildman–Crippen LogP) is 5.58. The highest BCUT2D eigenvalue weighted by Gasteiger charge is 2.19. The second-order valence-corrected chi connectivity index (χ2v) is 9.70. The molecule has 1 aromatic heterocycles. The van der Waals surface area contributed by atoms with Crippen LogP contribution in [0.4, 0.5) is 11.4 Å². The van der Waals surface area contributed by atoms with Gasteiger partial charge in [0.1, 0.15) is 5.75 Å². The number of hydrogen-bond acceptors (Lipinski definition) is 7. The Morgan fingerprint density at radius 3 is 2.64 bits per heavy atom. The summed E-state index contributed by atoms with van der Waals surface area (Å²) in [7, 11) is 0. The van der Waals surface area contributed by atoms with E-state index in [0.29, 0.717) is 46.6 Å². The number of anilines is 2. The van der Waals surface area contributed by atoms with Crippen molar-refractivity contribution in [2.24, 2.45) is 5.92 Å². The average Bonchev–Trinajstić information content (AvgIpc) is 3.39. The van der Waals surface area contributed by atoms with Crippen molar-refractivity contribution < 1.29 is 19.0 Å². The Hall–Kier alpha value is -4.79. The van der Waals surface area contributed by atoms with E-state index in [4.69, 9.17) is 14.2 Å². The highest BCUT2D eigenvalue weighted by molar-refractivity contribution is 5.95. The number of carbonyl (C=O) groups is 1. The van der Waals surface area contributed by atoms with E-state index < -0.39 is 5.56 Å². The molecule has 0 spiro atoms. The Kier molecular flexibility index (Phi) is 7.49. The first-order valence-corrected chi connectivity index (χ1v) is 12.8. The third-order valence-electron chi connectivity index (χ3n) is 6.19. The summed E-state index contributed by atoms with van der Waals surface area (Å²) < 4.78 is 18.2. The summed E-state index contributed by atoms with van der Waals surface area (Å²) in [6.45, 7) is 6.92. The summed E-state index contributed by atoms with van der Waals surface area (Å²) in [5.41, 5.74) is 2.47. The number of benzene rings is 3. The van der Waals surface area contributed by atoms with Crippen LogP contribution in [0, 0.1) is 12.8 Å². The maximum atomic E-state index is 13.7. The Morgan fingerprint density at radius 2 is 1.85 bits per heavy atom. The number of aromatic nitrogens is 2. The fourth-order valence-corrected chi connectivity index (χ4v) is 4.03. The molecular formula is C30H30N4O5. The van der Waals surface area contributed by atoms with Gasteiger partial charge in [0, 0.05) is 23.9 Å². The summed E-state index contributed by atoms with van der Waals surface area (Å²) in [6, 6.07) is 19.6. The molecule has 0 unspecified atom stereocenters. The van der Waals surface area contributed by atoms with Crippen LogP contribution in [0.3, 0.4) is 0 Å². The third-order valence-corrected chi connectivity index (χ3v) is 6.19. The maximum absolute atomic E-state index is 13.7. The number of carbonyl (C=O) groups excluding carboxylic acids is 1. The van der Waals surface area contributed by atoms with E-state index in [1.54, 1.807) is 42.5 Å². The number of nitrogens with zero attached hydrogens (tertiary/aromatic N) is 2. The molecule has 1 aliphatic rings. The quantitative estimate of drug-likeness (QED) is 0.293. The van der Waals surface area contributed by atoms with Crippen LogP contribution >= 0.6 is 0 Å². The van der Waals surface area contributed by atoms with Gasteiger partial charge in [0.05, 0.1) is 11.9 Å². The van der Waals surface area contributed by atoms with Gasteiger partial charge in [-0.3, -0.25) is 9.59 Å². The van der Waals surface area contributed by atoms with Crippen molar-refractivity contribution in [3.63, 3.8) is 0 Å². The van der Waals surface area contributed by atoms with Crippen molar-refractivity contribution in [3.8, 4) is 28.7 Å². The molecule has 5 rings (SSSR count). The van der Waals surface area contributed by atoms with E-state index in [9.17, 15) is 9.59 Å². The van der Waals surface area contributed by atoms with Crippen LogP contribution in [0.15, 0.2) is 77.7 Å². The van der Waals surface area contributed by atoms with E-state index in [-0.39, 0.29) is 24.1 Å². The Labute approximate surface area is 226 Å². The molecule has 0 radical (unpaired) electrons. The zero-order valence-electron chi connectivity index (χ0n) is 22.1. The highest BCUT2D eigenvalue weighted by Crippen LogP contribution is 2.37. The topological polar surface area (TPSA) is 104 Å². The fourth-order valence-electron chi connectivity index (χ4n) is 4.03. The number of nitrogens with one attached hydrogen (secondary N) is 2. The minimum absolute atomic E-state index is 0.140. The lowest BCUT2D eigenvalue weighted by molar-refractivity contribution is 0.0952. The molecule has 0 saturated carbocycles. The van der Waals surface area contributed by atoms with E-state index in [2.05, 4.69) is 29.6 Å². The molecule has 39 heavy (non-hydrogen) atoms. The summed E-state index contributed by atoms with van der Waals surface area (Å²) >= 11 is 0. The Bertz CT molecular complexity index is 1550. The molecule has 0 saturated heterocycles. The van der Waals surface area contributed by atoms with Gasteiger partial charge in [0.15, 0.2) is 22.9 Å². The Balaban J connectivity index is 1.48. The molecule has 0 aliphatic carbocycles. The van der Waals surface area contributed by atoms with Gasteiger partial charge in [-0.1, -0.05) is 37.6 Å². The lowest BCUT2D eigenvalue weighted by Gasteiger charge is -2.15. The lowest BCUT2D eigenvalue weighted by Crippen LogP contribution is -2.25.